The number of carboxylic acids is 1. The molecule has 0 saturated heterocycles. The average Bonchev–Trinajstić information content (AvgIpc) is 2.35. The van der Waals surface area contributed by atoms with Crippen LogP contribution in [-0.2, 0) is 4.79 Å². The van der Waals surface area contributed by atoms with Gasteiger partial charge in [-0.25, -0.2) is 9.18 Å². The standard InChI is InChI=1S/C14H18FNO3/c1-10(15)4-2-3-5-13(17)16-12-8-6-11(7-9-12)14(18)19/h6-10H,2-5H2,1H3,(H,16,17)(H,18,19). The number of carbonyl (C=O) groups excluding carboxylic acids is 1. The third kappa shape index (κ3) is 5.99. The van der Waals surface area contributed by atoms with E-state index in [0.717, 1.165) is 0 Å². The minimum absolute atomic E-state index is 0.144. The Morgan fingerprint density at radius 1 is 1.26 bits per heavy atom. The van der Waals surface area contributed by atoms with Crippen LogP contribution in [0.25, 0.3) is 0 Å². The molecule has 2 N–H and O–H groups in total. The summed E-state index contributed by atoms with van der Waals surface area (Å²) in [6.45, 7) is 1.50. The molecule has 0 aliphatic carbocycles. The van der Waals surface area contributed by atoms with Crippen LogP contribution in [0.1, 0.15) is 43.0 Å². The highest BCUT2D eigenvalue weighted by molar-refractivity contribution is 5.92. The molecule has 1 aromatic carbocycles. The number of unbranched alkanes of at least 4 members (excludes halogenated alkanes) is 1. The van der Waals surface area contributed by atoms with Crippen molar-refractivity contribution >= 4 is 17.6 Å². The fraction of sp³-hybridized carbons (Fsp3) is 0.429. The molecular formula is C14H18FNO3. The molecule has 0 heterocycles. The summed E-state index contributed by atoms with van der Waals surface area (Å²) in [4.78, 5) is 22.2. The number of carbonyl (C=O) groups is 2. The minimum Gasteiger partial charge on any atom is -0.478 e. The van der Waals surface area contributed by atoms with Gasteiger partial charge in [0, 0.05) is 12.1 Å². The van der Waals surface area contributed by atoms with Gasteiger partial charge in [0.1, 0.15) is 0 Å². The van der Waals surface area contributed by atoms with Crippen LogP contribution in [-0.4, -0.2) is 23.2 Å². The van der Waals surface area contributed by atoms with E-state index >= 15 is 0 Å². The van der Waals surface area contributed by atoms with E-state index in [1.807, 2.05) is 0 Å². The summed E-state index contributed by atoms with van der Waals surface area (Å²) < 4.78 is 12.5. The second kappa shape index (κ2) is 7.51. The molecule has 4 nitrogen and oxygen atoms in total. The first-order valence-corrected chi connectivity index (χ1v) is 6.26. The number of carboxylic acid groups (broad SMARTS) is 1. The maximum absolute atomic E-state index is 12.5. The lowest BCUT2D eigenvalue weighted by atomic mass is 10.1. The third-order valence-electron chi connectivity index (χ3n) is 2.67. The Kier molecular flexibility index (Phi) is 5.99. The van der Waals surface area contributed by atoms with Gasteiger partial charge in [-0.3, -0.25) is 4.79 Å². The van der Waals surface area contributed by atoms with Gasteiger partial charge in [0.05, 0.1) is 11.7 Å². The van der Waals surface area contributed by atoms with Gasteiger partial charge in [0.2, 0.25) is 5.91 Å². The van der Waals surface area contributed by atoms with Crippen LogP contribution in [0.4, 0.5) is 10.1 Å². The SMILES string of the molecule is CC(F)CCCCC(=O)Nc1ccc(C(=O)O)cc1. The lowest BCUT2D eigenvalue weighted by molar-refractivity contribution is -0.116. The third-order valence-corrected chi connectivity index (χ3v) is 2.67. The number of alkyl halides is 1. The van der Waals surface area contributed by atoms with E-state index in [0.29, 0.717) is 31.4 Å². The highest BCUT2D eigenvalue weighted by atomic mass is 19.1. The molecule has 0 fully saturated rings. The molecule has 0 aliphatic rings. The van der Waals surface area contributed by atoms with Crippen molar-refractivity contribution in [2.24, 2.45) is 0 Å². The number of hydrogen-bond acceptors (Lipinski definition) is 2. The van der Waals surface area contributed by atoms with Crippen LogP contribution in [0.5, 0.6) is 0 Å². The molecule has 1 rings (SSSR count). The second-order valence-corrected chi connectivity index (χ2v) is 4.46. The van der Waals surface area contributed by atoms with Gasteiger partial charge >= 0.3 is 5.97 Å². The largest absolute Gasteiger partial charge is 0.478 e. The molecule has 1 aromatic rings. The number of aromatic carboxylic acids is 1. The monoisotopic (exact) mass is 267 g/mol. The Labute approximate surface area is 111 Å². The Morgan fingerprint density at radius 3 is 2.42 bits per heavy atom. The summed E-state index contributed by atoms with van der Waals surface area (Å²) in [5.41, 5.74) is 0.740. The average molecular weight is 267 g/mol. The molecule has 104 valence electrons. The Balaban J connectivity index is 2.34. The maximum atomic E-state index is 12.5. The van der Waals surface area contributed by atoms with Crippen molar-refractivity contribution in [2.75, 3.05) is 5.32 Å². The predicted molar refractivity (Wildman–Crippen MR) is 71.1 cm³/mol. The molecule has 0 aliphatic heterocycles. The van der Waals surface area contributed by atoms with E-state index in [9.17, 15) is 14.0 Å². The first-order valence-electron chi connectivity index (χ1n) is 6.26. The molecule has 1 amide bonds. The molecule has 19 heavy (non-hydrogen) atoms. The Hall–Kier alpha value is -1.91. The number of halogens is 1. The van der Waals surface area contributed by atoms with Crippen LogP contribution in [0.2, 0.25) is 0 Å². The zero-order valence-corrected chi connectivity index (χ0v) is 10.9. The van der Waals surface area contributed by atoms with Gasteiger partial charge in [-0.1, -0.05) is 6.42 Å². The van der Waals surface area contributed by atoms with Gasteiger partial charge in [0.15, 0.2) is 0 Å². The number of rotatable bonds is 7. The van der Waals surface area contributed by atoms with Crippen molar-refractivity contribution in [1.29, 1.82) is 0 Å². The lowest BCUT2D eigenvalue weighted by Gasteiger charge is -2.06. The molecule has 1 atom stereocenters. The van der Waals surface area contributed by atoms with Crippen molar-refractivity contribution in [3.63, 3.8) is 0 Å². The molecular weight excluding hydrogens is 249 g/mol. The van der Waals surface area contributed by atoms with Crippen LogP contribution >= 0.6 is 0 Å². The summed E-state index contributed by atoms with van der Waals surface area (Å²) in [6.07, 6.45) is 1.32. The first kappa shape index (κ1) is 15.1. The van der Waals surface area contributed by atoms with Gasteiger partial charge < -0.3 is 10.4 Å². The van der Waals surface area contributed by atoms with Crippen molar-refractivity contribution in [1.82, 2.24) is 0 Å². The Bertz CT molecular complexity index is 429. The highest BCUT2D eigenvalue weighted by Crippen LogP contribution is 2.11. The molecule has 5 heteroatoms. The number of nitrogens with one attached hydrogen (secondary N) is 1. The fourth-order valence-electron chi connectivity index (χ4n) is 1.63. The van der Waals surface area contributed by atoms with Gasteiger partial charge in [-0.15, -0.1) is 0 Å². The van der Waals surface area contributed by atoms with E-state index in [-0.39, 0.29) is 11.5 Å². The number of hydrogen-bond donors (Lipinski definition) is 2. The second-order valence-electron chi connectivity index (χ2n) is 4.46. The van der Waals surface area contributed by atoms with Gasteiger partial charge in [-0.05, 0) is 44.0 Å². The number of anilines is 1. The van der Waals surface area contributed by atoms with Crippen LogP contribution in [0.3, 0.4) is 0 Å². The van der Waals surface area contributed by atoms with Crippen molar-refractivity contribution < 1.29 is 19.1 Å². The zero-order valence-electron chi connectivity index (χ0n) is 10.9. The molecule has 0 spiro atoms. The van der Waals surface area contributed by atoms with Crippen LogP contribution < -0.4 is 5.32 Å². The summed E-state index contributed by atoms with van der Waals surface area (Å²) in [7, 11) is 0. The first-order chi connectivity index (χ1) is 8.99. The van der Waals surface area contributed by atoms with E-state index in [1.54, 1.807) is 12.1 Å². The van der Waals surface area contributed by atoms with Gasteiger partial charge in [-0.2, -0.15) is 0 Å². The molecule has 0 saturated carbocycles. The summed E-state index contributed by atoms with van der Waals surface area (Å²) in [5.74, 6) is -1.15. The van der Waals surface area contributed by atoms with Gasteiger partial charge in [0.25, 0.3) is 0 Å². The van der Waals surface area contributed by atoms with Crippen LogP contribution in [0, 0.1) is 0 Å². The van der Waals surface area contributed by atoms with Crippen molar-refractivity contribution in [2.45, 2.75) is 38.8 Å². The fourth-order valence-corrected chi connectivity index (χ4v) is 1.63. The topological polar surface area (TPSA) is 66.4 Å². The number of amides is 1. The highest BCUT2D eigenvalue weighted by Gasteiger charge is 2.05. The lowest BCUT2D eigenvalue weighted by Crippen LogP contribution is -2.11. The van der Waals surface area contributed by atoms with E-state index in [4.69, 9.17) is 5.11 Å². The normalized spacial score (nSPS) is 11.9. The summed E-state index contributed by atoms with van der Waals surface area (Å²) in [6, 6.07) is 5.96. The molecule has 0 bridgehead atoms. The van der Waals surface area contributed by atoms with Crippen LogP contribution in [0.15, 0.2) is 24.3 Å². The molecule has 0 radical (unpaired) electrons. The smallest absolute Gasteiger partial charge is 0.335 e. The Morgan fingerprint density at radius 2 is 1.89 bits per heavy atom. The zero-order chi connectivity index (χ0) is 14.3. The molecule has 0 aromatic heterocycles. The quantitative estimate of drug-likeness (QED) is 0.745. The van der Waals surface area contributed by atoms with Crippen molar-refractivity contribution in [3.8, 4) is 0 Å². The molecule has 1 unspecified atom stereocenters. The summed E-state index contributed by atoms with van der Waals surface area (Å²) in [5, 5.41) is 11.4. The predicted octanol–water partition coefficient (Wildman–Crippen LogP) is 3.24. The summed E-state index contributed by atoms with van der Waals surface area (Å²) >= 11 is 0. The number of benzene rings is 1. The van der Waals surface area contributed by atoms with E-state index in [2.05, 4.69) is 5.32 Å². The van der Waals surface area contributed by atoms with E-state index in [1.165, 1.54) is 19.1 Å². The van der Waals surface area contributed by atoms with Crippen molar-refractivity contribution in [3.05, 3.63) is 29.8 Å². The maximum Gasteiger partial charge on any atom is 0.335 e. The minimum atomic E-state index is -1.00. The van der Waals surface area contributed by atoms with E-state index < -0.39 is 12.1 Å².